The lowest BCUT2D eigenvalue weighted by molar-refractivity contribution is 0.852. The third kappa shape index (κ3) is 2.60. The van der Waals surface area contributed by atoms with Gasteiger partial charge in [0.05, 0.1) is 5.52 Å². The van der Waals surface area contributed by atoms with E-state index in [-0.39, 0.29) is 0 Å². The maximum Gasteiger partial charge on any atom is 0.132 e. The molecule has 20 heavy (non-hydrogen) atoms. The largest absolute Gasteiger partial charge is 0.303 e. The van der Waals surface area contributed by atoms with E-state index in [1.807, 2.05) is 18.2 Å². The smallest absolute Gasteiger partial charge is 0.132 e. The van der Waals surface area contributed by atoms with Crippen molar-refractivity contribution in [2.75, 3.05) is 0 Å². The first-order valence-corrected chi connectivity index (χ1v) is 7.69. The first-order chi connectivity index (χ1) is 9.65. The van der Waals surface area contributed by atoms with Crippen LogP contribution in [0.1, 0.15) is 17.0 Å². The number of hydrogen-bond acceptors (Lipinski definition) is 1. The predicted octanol–water partition coefficient (Wildman–Crippen LogP) is 4.84. The number of aryl methyl sites for hydroxylation is 3. The highest BCUT2D eigenvalue weighted by Gasteiger charge is 2.09. The van der Waals surface area contributed by atoms with E-state index in [4.69, 9.17) is 11.6 Å². The molecule has 0 aliphatic heterocycles. The quantitative estimate of drug-likeness (QED) is 0.661. The second kappa shape index (κ2) is 5.58. The van der Waals surface area contributed by atoms with Gasteiger partial charge in [-0.3, -0.25) is 0 Å². The fourth-order valence-electron chi connectivity index (χ4n) is 2.34. The highest BCUT2D eigenvalue weighted by atomic mass is 79.9. The van der Waals surface area contributed by atoms with Crippen molar-refractivity contribution >= 4 is 33.0 Å². The molecule has 2 nitrogen and oxygen atoms in total. The summed E-state index contributed by atoms with van der Waals surface area (Å²) in [6.07, 6.45) is 3.82. The van der Waals surface area contributed by atoms with E-state index in [1.165, 1.54) is 5.56 Å². The molecule has 102 valence electrons. The molecule has 0 unspecified atom stereocenters. The maximum absolute atomic E-state index is 6.20. The fraction of sp³-hybridized carbons (Fsp3) is 0.188. The highest BCUT2D eigenvalue weighted by Crippen LogP contribution is 2.22. The lowest BCUT2D eigenvalue weighted by Crippen LogP contribution is -1.98. The van der Waals surface area contributed by atoms with Gasteiger partial charge < -0.3 is 4.40 Å². The summed E-state index contributed by atoms with van der Waals surface area (Å²) in [5.41, 5.74) is 3.50. The summed E-state index contributed by atoms with van der Waals surface area (Å²) in [7, 11) is 0. The SMILES string of the molecule is Cc1ccn2c(CCc3ccccc3Cl)nc(Br)c2c1. The van der Waals surface area contributed by atoms with E-state index in [1.54, 1.807) is 0 Å². The molecule has 0 saturated carbocycles. The van der Waals surface area contributed by atoms with Crippen LogP contribution < -0.4 is 0 Å². The summed E-state index contributed by atoms with van der Waals surface area (Å²) >= 11 is 9.73. The van der Waals surface area contributed by atoms with Crippen LogP contribution in [0, 0.1) is 6.92 Å². The zero-order valence-electron chi connectivity index (χ0n) is 11.1. The zero-order chi connectivity index (χ0) is 14.1. The topological polar surface area (TPSA) is 17.3 Å². The van der Waals surface area contributed by atoms with Gasteiger partial charge in [0.1, 0.15) is 10.4 Å². The van der Waals surface area contributed by atoms with Crippen LogP contribution >= 0.6 is 27.5 Å². The number of aromatic nitrogens is 2. The maximum atomic E-state index is 6.20. The van der Waals surface area contributed by atoms with Crippen molar-refractivity contribution in [3.8, 4) is 0 Å². The predicted molar refractivity (Wildman–Crippen MR) is 86.5 cm³/mol. The molecule has 0 spiro atoms. The Labute approximate surface area is 131 Å². The average Bonchev–Trinajstić information content (AvgIpc) is 2.74. The standard InChI is InChI=1S/C16H14BrClN2/c1-11-8-9-20-14(10-11)16(17)19-15(20)7-6-12-4-2-3-5-13(12)18/h2-5,8-10H,6-7H2,1H3. The molecule has 3 rings (SSSR count). The molecule has 2 heterocycles. The van der Waals surface area contributed by atoms with E-state index in [0.717, 1.165) is 39.4 Å². The summed E-state index contributed by atoms with van der Waals surface area (Å²) in [5.74, 6) is 1.05. The van der Waals surface area contributed by atoms with Gasteiger partial charge >= 0.3 is 0 Å². The van der Waals surface area contributed by atoms with Crippen LogP contribution in [0.15, 0.2) is 47.2 Å². The zero-order valence-corrected chi connectivity index (χ0v) is 13.4. The van der Waals surface area contributed by atoms with Crippen molar-refractivity contribution in [3.63, 3.8) is 0 Å². The molecule has 0 aliphatic carbocycles. The Balaban J connectivity index is 1.90. The minimum Gasteiger partial charge on any atom is -0.303 e. The van der Waals surface area contributed by atoms with Crippen molar-refractivity contribution in [2.45, 2.75) is 19.8 Å². The van der Waals surface area contributed by atoms with Crippen LogP contribution in [0.3, 0.4) is 0 Å². The molecule has 0 N–H and O–H groups in total. The number of fused-ring (bicyclic) bond motifs is 1. The summed E-state index contributed by atoms with van der Waals surface area (Å²) < 4.78 is 3.03. The number of rotatable bonds is 3. The molecule has 3 aromatic rings. The summed E-state index contributed by atoms with van der Waals surface area (Å²) in [5, 5.41) is 0.822. The normalized spacial score (nSPS) is 11.2. The molecular formula is C16H14BrClN2. The van der Waals surface area contributed by atoms with E-state index in [2.05, 4.69) is 56.6 Å². The van der Waals surface area contributed by atoms with Gasteiger partial charge in [0, 0.05) is 17.6 Å². The van der Waals surface area contributed by atoms with Gasteiger partial charge in [-0.1, -0.05) is 29.8 Å². The molecule has 0 amide bonds. The molecule has 0 atom stereocenters. The first kappa shape index (κ1) is 13.7. The highest BCUT2D eigenvalue weighted by molar-refractivity contribution is 9.10. The minimum atomic E-state index is 0.822. The number of nitrogens with zero attached hydrogens (tertiary/aromatic N) is 2. The monoisotopic (exact) mass is 348 g/mol. The molecule has 0 bridgehead atoms. The van der Waals surface area contributed by atoms with Crippen LogP contribution in [0.5, 0.6) is 0 Å². The van der Waals surface area contributed by atoms with Crippen molar-refractivity contribution in [3.05, 3.63) is 69.2 Å². The molecule has 4 heteroatoms. The van der Waals surface area contributed by atoms with Gasteiger partial charge in [0.2, 0.25) is 0 Å². The van der Waals surface area contributed by atoms with Crippen LogP contribution in [-0.2, 0) is 12.8 Å². The Bertz CT molecular complexity index is 764. The van der Waals surface area contributed by atoms with E-state index >= 15 is 0 Å². The van der Waals surface area contributed by atoms with Gasteiger partial charge in [0.15, 0.2) is 0 Å². The van der Waals surface area contributed by atoms with Crippen molar-refractivity contribution in [1.29, 1.82) is 0 Å². The summed E-state index contributed by atoms with van der Waals surface area (Å²) in [4.78, 5) is 4.61. The first-order valence-electron chi connectivity index (χ1n) is 6.51. The van der Waals surface area contributed by atoms with E-state index < -0.39 is 0 Å². The van der Waals surface area contributed by atoms with Crippen LogP contribution in [0.2, 0.25) is 5.02 Å². The number of imidazole rings is 1. The number of hydrogen-bond donors (Lipinski definition) is 0. The molecule has 0 radical (unpaired) electrons. The molecule has 1 aromatic carbocycles. The minimum absolute atomic E-state index is 0.822. The summed E-state index contributed by atoms with van der Waals surface area (Å²) in [6.45, 7) is 2.09. The van der Waals surface area contributed by atoms with Gasteiger partial charge in [-0.05, 0) is 58.6 Å². The Kier molecular flexibility index (Phi) is 3.81. The number of pyridine rings is 1. The van der Waals surface area contributed by atoms with Gasteiger partial charge in [-0.25, -0.2) is 4.98 Å². The Morgan fingerprint density at radius 3 is 2.80 bits per heavy atom. The Morgan fingerprint density at radius 1 is 1.20 bits per heavy atom. The number of benzene rings is 1. The fourth-order valence-corrected chi connectivity index (χ4v) is 3.08. The van der Waals surface area contributed by atoms with Gasteiger partial charge in [-0.2, -0.15) is 0 Å². The van der Waals surface area contributed by atoms with E-state index in [9.17, 15) is 0 Å². The molecule has 0 saturated heterocycles. The second-order valence-electron chi connectivity index (χ2n) is 4.87. The lowest BCUT2D eigenvalue weighted by atomic mass is 10.1. The lowest BCUT2D eigenvalue weighted by Gasteiger charge is -2.04. The third-order valence-electron chi connectivity index (χ3n) is 3.40. The third-order valence-corrected chi connectivity index (χ3v) is 4.36. The Morgan fingerprint density at radius 2 is 2.00 bits per heavy atom. The molecule has 0 aliphatic rings. The van der Waals surface area contributed by atoms with Crippen molar-refractivity contribution in [2.24, 2.45) is 0 Å². The average molecular weight is 350 g/mol. The van der Waals surface area contributed by atoms with Crippen LogP contribution in [0.25, 0.3) is 5.52 Å². The number of halogens is 2. The molecule has 2 aromatic heterocycles. The molecular weight excluding hydrogens is 336 g/mol. The Hall–Kier alpha value is -1.32. The van der Waals surface area contributed by atoms with Gasteiger partial charge in [-0.15, -0.1) is 0 Å². The van der Waals surface area contributed by atoms with E-state index in [0.29, 0.717) is 0 Å². The second-order valence-corrected chi connectivity index (χ2v) is 6.03. The molecule has 0 fully saturated rings. The summed E-state index contributed by atoms with van der Waals surface area (Å²) in [6, 6.07) is 12.2. The van der Waals surface area contributed by atoms with Crippen molar-refractivity contribution in [1.82, 2.24) is 9.38 Å². The van der Waals surface area contributed by atoms with Crippen LogP contribution in [0.4, 0.5) is 0 Å². The van der Waals surface area contributed by atoms with Crippen LogP contribution in [-0.4, -0.2) is 9.38 Å². The van der Waals surface area contributed by atoms with Gasteiger partial charge in [0.25, 0.3) is 0 Å². The van der Waals surface area contributed by atoms with Crippen molar-refractivity contribution < 1.29 is 0 Å².